The number of allylic oxidation sites excluding steroid dienone is 1. The number of aliphatic hydroxyl groups is 2. The zero-order valence-corrected chi connectivity index (χ0v) is 32.2. The van der Waals surface area contributed by atoms with Crippen molar-refractivity contribution in [3.63, 3.8) is 0 Å². The quantitative estimate of drug-likeness (QED) is 0.0703. The molecule has 4 rings (SSSR count). The largest absolute Gasteiger partial charge is 0.479 e. The van der Waals surface area contributed by atoms with Gasteiger partial charge in [-0.2, -0.15) is 0 Å². The summed E-state index contributed by atoms with van der Waals surface area (Å²) < 4.78 is 27.4. The Labute approximate surface area is 326 Å². The van der Waals surface area contributed by atoms with Gasteiger partial charge in [0.05, 0.1) is 7.11 Å². The predicted molar refractivity (Wildman–Crippen MR) is 201 cm³/mol. The van der Waals surface area contributed by atoms with E-state index in [0.717, 1.165) is 44.8 Å². The molecule has 0 aliphatic carbocycles. The van der Waals surface area contributed by atoms with Crippen molar-refractivity contribution >= 4 is 35.9 Å². The first-order chi connectivity index (χ1) is 26.7. The van der Waals surface area contributed by atoms with Crippen LogP contribution in [0.5, 0.6) is 0 Å². The highest BCUT2D eigenvalue weighted by Crippen LogP contribution is 2.56. The number of methoxy groups -OCH3 is 1. The minimum absolute atomic E-state index is 0.0167. The number of hydrogen-bond acceptors (Lipinski definition) is 12. The summed E-state index contributed by atoms with van der Waals surface area (Å²) in [5.74, 6) is -10.0. The molecule has 0 saturated carbocycles. The molecule has 2 bridgehead atoms. The number of esters is 3. The number of rotatable bonds is 22. The Hall–Kier alpha value is -4.63. The number of fused-ring (bicyclic) bond motifs is 2. The van der Waals surface area contributed by atoms with E-state index in [1.165, 1.54) is 12.5 Å². The first-order valence-corrected chi connectivity index (χ1v) is 19.2. The van der Waals surface area contributed by atoms with Crippen molar-refractivity contribution in [1.29, 1.82) is 0 Å². The summed E-state index contributed by atoms with van der Waals surface area (Å²) in [6.07, 6.45) is 1.96. The molecule has 14 nitrogen and oxygen atoms in total. The maximum atomic E-state index is 13.2. The fraction of sp³-hybridized carbons (Fsp3) is 0.548. The van der Waals surface area contributed by atoms with Crippen LogP contribution in [0, 0.1) is 5.92 Å². The molecule has 2 aliphatic rings. The highest BCUT2D eigenvalue weighted by atomic mass is 16.8. The van der Waals surface area contributed by atoms with E-state index >= 15 is 0 Å². The Kier molecular flexibility index (Phi) is 15.7. The number of benzene rings is 2. The number of unbranched alkanes of at least 4 members (excludes halogenated alkanes) is 5. The fourth-order valence-corrected chi connectivity index (χ4v) is 7.55. The Balaban J connectivity index is 1.48. The maximum absolute atomic E-state index is 13.2. The molecule has 8 atom stereocenters. The lowest BCUT2D eigenvalue weighted by molar-refractivity contribution is -0.374. The van der Waals surface area contributed by atoms with E-state index < -0.39 is 77.7 Å². The lowest BCUT2D eigenvalue weighted by atomic mass is 9.74. The van der Waals surface area contributed by atoms with Crippen LogP contribution in [0.25, 0.3) is 6.08 Å². The number of aryl methyl sites for hydroxylation is 1. The van der Waals surface area contributed by atoms with E-state index in [4.69, 9.17) is 23.7 Å². The van der Waals surface area contributed by atoms with E-state index in [2.05, 4.69) is 12.1 Å². The average Bonchev–Trinajstić information content (AvgIpc) is 3.38. The van der Waals surface area contributed by atoms with Gasteiger partial charge >= 0.3 is 29.8 Å². The summed E-state index contributed by atoms with van der Waals surface area (Å²) in [7, 11) is 0.875. The summed E-state index contributed by atoms with van der Waals surface area (Å²) in [5, 5.41) is 44.3. The van der Waals surface area contributed by atoms with Crippen LogP contribution in [0.15, 0.2) is 66.7 Å². The van der Waals surface area contributed by atoms with Crippen LogP contribution in [-0.4, -0.2) is 98.8 Å². The number of carboxylic acid groups (broad SMARTS) is 2. The first kappa shape index (κ1) is 44.1. The molecule has 0 amide bonds. The Morgan fingerprint density at radius 2 is 1.50 bits per heavy atom. The second kappa shape index (κ2) is 20.0. The minimum Gasteiger partial charge on any atom is -0.479 e. The van der Waals surface area contributed by atoms with Crippen molar-refractivity contribution in [1.82, 2.24) is 0 Å². The van der Waals surface area contributed by atoms with Gasteiger partial charge in [-0.3, -0.25) is 9.59 Å². The minimum atomic E-state index is -3.72. The first-order valence-electron chi connectivity index (χ1n) is 19.2. The molecule has 306 valence electrons. The number of aliphatic carboxylic acids is 2. The summed E-state index contributed by atoms with van der Waals surface area (Å²) in [4.78, 5) is 64.2. The SMILES string of the molecule is COC(=O)C1O[C@@]2(CCCC(OC(C)=O)C(C)C/C=C/c3ccccc3)O[C@](C(=O)O)([C@H](OC(=O)CCCCCCCCc3ccccc3)[C@@H]2O)C1(O)C(=O)O. The van der Waals surface area contributed by atoms with Gasteiger partial charge in [-0.05, 0) is 55.6 Å². The van der Waals surface area contributed by atoms with Crippen LogP contribution >= 0.6 is 0 Å². The van der Waals surface area contributed by atoms with Crippen molar-refractivity contribution in [3.05, 3.63) is 77.9 Å². The summed E-state index contributed by atoms with van der Waals surface area (Å²) in [5.41, 5.74) is -4.89. The van der Waals surface area contributed by atoms with Gasteiger partial charge in [0.2, 0.25) is 23.1 Å². The molecule has 4 N–H and O–H groups in total. The topological polar surface area (TPSA) is 212 Å². The monoisotopic (exact) mass is 782 g/mol. The normalized spacial score (nSPS) is 26.6. The summed E-state index contributed by atoms with van der Waals surface area (Å²) >= 11 is 0. The van der Waals surface area contributed by atoms with Crippen LogP contribution < -0.4 is 0 Å². The van der Waals surface area contributed by atoms with Gasteiger partial charge in [-0.1, -0.05) is 105 Å². The molecule has 2 saturated heterocycles. The van der Waals surface area contributed by atoms with Crippen LogP contribution in [-0.2, 0) is 54.1 Å². The molecule has 0 spiro atoms. The second-order valence-electron chi connectivity index (χ2n) is 14.6. The van der Waals surface area contributed by atoms with Crippen LogP contribution in [0.4, 0.5) is 0 Å². The van der Waals surface area contributed by atoms with Crippen molar-refractivity contribution < 1.29 is 68.1 Å². The van der Waals surface area contributed by atoms with Gasteiger partial charge in [0.25, 0.3) is 0 Å². The highest BCUT2D eigenvalue weighted by molar-refractivity contribution is 5.98. The standard InChI is InChI=1S/C42H54O14/c1-28(18-16-24-31-22-13-9-14-23-31)32(53-29(2)43)25-17-27-40-34(45)35(42(56-40,39(49)50)41(51,38(47)48)36(55-40)37(46)52-3)54-33(44)26-15-7-5-4-6-10-19-30-20-11-8-12-21-30/h8-9,11-14,16,20-24,28,32,34-36,45,51H,4-7,10,15,17-19,25-27H2,1-3H3,(H,47,48)(H,49,50)/b24-16+/t28?,32?,34-,35+,36?,40-,41?,42-/m0/s1. The van der Waals surface area contributed by atoms with E-state index in [-0.39, 0.29) is 25.2 Å². The third kappa shape index (κ3) is 10.0. The van der Waals surface area contributed by atoms with Crippen molar-refractivity contribution in [3.8, 4) is 0 Å². The lowest BCUT2D eigenvalue weighted by Crippen LogP contribution is -2.78. The average molecular weight is 783 g/mol. The molecule has 2 aromatic rings. The molecule has 2 fully saturated rings. The maximum Gasteiger partial charge on any atom is 0.344 e. The van der Waals surface area contributed by atoms with Crippen molar-refractivity contribution in [2.75, 3.05) is 7.11 Å². The smallest absolute Gasteiger partial charge is 0.344 e. The molecule has 4 unspecified atom stereocenters. The van der Waals surface area contributed by atoms with Gasteiger partial charge in [0.1, 0.15) is 12.2 Å². The molecule has 2 heterocycles. The lowest BCUT2D eigenvalue weighted by Gasteiger charge is -2.49. The highest BCUT2D eigenvalue weighted by Gasteiger charge is 2.86. The number of carboxylic acids is 2. The van der Waals surface area contributed by atoms with Gasteiger partial charge in [0, 0.05) is 19.8 Å². The molecule has 56 heavy (non-hydrogen) atoms. The molecular formula is C42H54O14. The predicted octanol–water partition coefficient (Wildman–Crippen LogP) is 5.01. The Bertz CT molecular complexity index is 1660. The molecule has 0 aromatic heterocycles. The van der Waals surface area contributed by atoms with Crippen LogP contribution in [0.3, 0.4) is 0 Å². The van der Waals surface area contributed by atoms with Gasteiger partial charge in [0.15, 0.2) is 6.10 Å². The van der Waals surface area contributed by atoms with Crippen LogP contribution in [0.2, 0.25) is 0 Å². The van der Waals surface area contributed by atoms with E-state index in [9.17, 15) is 44.4 Å². The number of aliphatic hydroxyl groups excluding tert-OH is 1. The number of hydrogen-bond donors (Lipinski definition) is 4. The summed E-state index contributed by atoms with van der Waals surface area (Å²) in [6.45, 7) is 3.13. The van der Waals surface area contributed by atoms with Crippen molar-refractivity contribution in [2.24, 2.45) is 5.92 Å². The van der Waals surface area contributed by atoms with Gasteiger partial charge < -0.3 is 44.1 Å². The van der Waals surface area contributed by atoms with Gasteiger partial charge in [-0.15, -0.1) is 0 Å². The Morgan fingerprint density at radius 3 is 2.11 bits per heavy atom. The second-order valence-corrected chi connectivity index (χ2v) is 14.6. The van der Waals surface area contributed by atoms with E-state index in [1.54, 1.807) is 0 Å². The molecule has 14 heteroatoms. The zero-order valence-electron chi connectivity index (χ0n) is 32.2. The van der Waals surface area contributed by atoms with Gasteiger partial charge in [-0.25, -0.2) is 14.4 Å². The third-order valence-electron chi connectivity index (χ3n) is 10.6. The molecule has 2 aliphatic heterocycles. The Morgan fingerprint density at radius 1 is 0.875 bits per heavy atom. The third-order valence-corrected chi connectivity index (χ3v) is 10.6. The summed E-state index contributed by atoms with van der Waals surface area (Å²) in [6, 6.07) is 19.7. The molecule has 2 aromatic carbocycles. The fourth-order valence-electron chi connectivity index (χ4n) is 7.55. The van der Waals surface area contributed by atoms with Crippen molar-refractivity contribution in [2.45, 2.75) is 132 Å². The number of carbonyl (C=O) groups is 5. The van der Waals surface area contributed by atoms with E-state index in [1.807, 2.05) is 67.6 Å². The molecular weight excluding hydrogens is 728 g/mol. The van der Waals surface area contributed by atoms with E-state index in [0.29, 0.717) is 19.3 Å². The number of carbonyl (C=O) groups excluding carboxylic acids is 3. The van der Waals surface area contributed by atoms with Crippen LogP contribution in [0.1, 0.15) is 95.6 Å². The zero-order chi connectivity index (χ0) is 40.9. The number of ether oxygens (including phenoxy) is 5. The molecule has 0 radical (unpaired) electrons.